The predicted molar refractivity (Wildman–Crippen MR) is 132 cm³/mol. The SMILES string of the molecule is CCOc1cc(-c2cc(NCCn3c(C)cc4c(OC)ccc(F)c43)c(C)cn2)sc1C(=O)O. The van der Waals surface area contributed by atoms with Gasteiger partial charge in [0.15, 0.2) is 4.88 Å². The number of hydrogen-bond acceptors (Lipinski definition) is 6. The van der Waals surface area contributed by atoms with Crippen LogP contribution >= 0.6 is 11.3 Å². The molecule has 0 unspecified atom stereocenters. The van der Waals surface area contributed by atoms with Crippen LogP contribution in [-0.2, 0) is 6.54 Å². The zero-order valence-electron chi connectivity index (χ0n) is 19.4. The molecule has 0 bridgehead atoms. The highest BCUT2D eigenvalue weighted by molar-refractivity contribution is 7.17. The summed E-state index contributed by atoms with van der Waals surface area (Å²) < 4.78 is 27.4. The minimum Gasteiger partial charge on any atom is -0.496 e. The van der Waals surface area contributed by atoms with Crippen LogP contribution in [0.1, 0.15) is 27.9 Å². The highest BCUT2D eigenvalue weighted by Crippen LogP contribution is 2.37. The Morgan fingerprint density at radius 1 is 1.24 bits per heavy atom. The second-order valence-corrected chi connectivity index (χ2v) is 8.85. The molecule has 0 saturated carbocycles. The first kappa shape index (κ1) is 23.6. The topological polar surface area (TPSA) is 85.6 Å². The molecule has 0 radical (unpaired) electrons. The molecule has 0 spiro atoms. The summed E-state index contributed by atoms with van der Waals surface area (Å²) in [5.74, 6) is -0.324. The van der Waals surface area contributed by atoms with Gasteiger partial charge in [-0.3, -0.25) is 4.98 Å². The van der Waals surface area contributed by atoms with E-state index in [0.717, 1.165) is 33.7 Å². The van der Waals surface area contributed by atoms with E-state index in [4.69, 9.17) is 9.47 Å². The quantitative estimate of drug-likeness (QED) is 0.316. The van der Waals surface area contributed by atoms with Crippen molar-refractivity contribution in [3.05, 3.63) is 58.5 Å². The van der Waals surface area contributed by atoms with Crippen molar-refractivity contribution in [2.24, 2.45) is 0 Å². The van der Waals surface area contributed by atoms with Gasteiger partial charge in [0.05, 0.1) is 29.8 Å². The van der Waals surface area contributed by atoms with Crippen LogP contribution in [0.5, 0.6) is 11.5 Å². The Hall–Kier alpha value is -3.59. The molecular formula is C25H26FN3O4S. The van der Waals surface area contributed by atoms with E-state index >= 15 is 0 Å². The highest BCUT2D eigenvalue weighted by Gasteiger charge is 2.19. The van der Waals surface area contributed by atoms with E-state index in [0.29, 0.717) is 47.3 Å². The van der Waals surface area contributed by atoms with Crippen LogP contribution in [0.2, 0.25) is 0 Å². The number of thiophene rings is 1. The Balaban J connectivity index is 1.57. The molecule has 178 valence electrons. The Kier molecular flexibility index (Phi) is 6.74. The number of aryl methyl sites for hydroxylation is 2. The maximum Gasteiger partial charge on any atom is 0.349 e. The van der Waals surface area contributed by atoms with E-state index in [-0.39, 0.29) is 10.7 Å². The van der Waals surface area contributed by atoms with Crippen molar-refractivity contribution in [3.63, 3.8) is 0 Å². The van der Waals surface area contributed by atoms with Gasteiger partial charge in [-0.15, -0.1) is 11.3 Å². The van der Waals surface area contributed by atoms with E-state index in [9.17, 15) is 14.3 Å². The summed E-state index contributed by atoms with van der Waals surface area (Å²) in [5, 5.41) is 13.6. The van der Waals surface area contributed by atoms with Gasteiger partial charge >= 0.3 is 5.97 Å². The van der Waals surface area contributed by atoms with Gasteiger partial charge in [-0.2, -0.15) is 0 Å². The second kappa shape index (κ2) is 9.72. The van der Waals surface area contributed by atoms with Gasteiger partial charge < -0.3 is 24.5 Å². The first-order valence-corrected chi connectivity index (χ1v) is 11.7. The lowest BCUT2D eigenvalue weighted by Crippen LogP contribution is -2.12. The van der Waals surface area contributed by atoms with Crippen molar-refractivity contribution >= 4 is 33.9 Å². The molecule has 4 aromatic rings. The van der Waals surface area contributed by atoms with Crippen molar-refractivity contribution in [1.29, 1.82) is 0 Å². The van der Waals surface area contributed by atoms with E-state index in [2.05, 4.69) is 10.3 Å². The molecule has 0 aliphatic rings. The monoisotopic (exact) mass is 483 g/mol. The number of nitrogens with zero attached hydrogens (tertiary/aromatic N) is 2. The molecule has 9 heteroatoms. The third kappa shape index (κ3) is 4.43. The van der Waals surface area contributed by atoms with Crippen molar-refractivity contribution in [3.8, 4) is 22.1 Å². The summed E-state index contributed by atoms with van der Waals surface area (Å²) in [6.45, 7) is 7.19. The first-order valence-electron chi connectivity index (χ1n) is 10.9. The number of carbonyl (C=O) groups is 1. The van der Waals surface area contributed by atoms with Crippen LogP contribution in [-0.4, -0.2) is 40.9 Å². The highest BCUT2D eigenvalue weighted by atomic mass is 32.1. The van der Waals surface area contributed by atoms with Crippen LogP contribution in [0.3, 0.4) is 0 Å². The summed E-state index contributed by atoms with van der Waals surface area (Å²) in [7, 11) is 1.58. The van der Waals surface area contributed by atoms with E-state index < -0.39 is 5.97 Å². The first-order chi connectivity index (χ1) is 16.3. The molecule has 1 aromatic carbocycles. The Morgan fingerprint density at radius 2 is 2.03 bits per heavy atom. The van der Waals surface area contributed by atoms with Gasteiger partial charge in [0.25, 0.3) is 0 Å². The molecule has 0 aliphatic carbocycles. The standard InChI is InChI=1S/C25H26FN3O4S/c1-5-33-21-12-22(34-24(21)25(30)31)19-11-18(14(2)13-28-19)27-8-9-29-15(3)10-16-20(32-4)7-6-17(26)23(16)29/h6-7,10-13H,5,8-9H2,1-4H3,(H,27,28)(H,30,31). The van der Waals surface area contributed by atoms with E-state index in [1.165, 1.54) is 6.07 Å². The summed E-state index contributed by atoms with van der Waals surface area (Å²) in [6.07, 6.45) is 1.75. The molecule has 0 aliphatic heterocycles. The number of rotatable bonds is 9. The number of anilines is 1. The molecule has 0 fully saturated rings. The van der Waals surface area contributed by atoms with Crippen LogP contribution < -0.4 is 14.8 Å². The zero-order valence-corrected chi connectivity index (χ0v) is 20.3. The lowest BCUT2D eigenvalue weighted by atomic mass is 10.2. The molecule has 3 heterocycles. The number of ether oxygens (including phenoxy) is 2. The third-order valence-electron chi connectivity index (χ3n) is 5.60. The Bertz CT molecular complexity index is 1360. The number of nitrogens with one attached hydrogen (secondary N) is 1. The minimum absolute atomic E-state index is 0.154. The number of carboxylic acids is 1. The van der Waals surface area contributed by atoms with Crippen LogP contribution in [0, 0.1) is 19.7 Å². The van der Waals surface area contributed by atoms with Crippen molar-refractivity contribution in [2.75, 3.05) is 25.6 Å². The Labute approximate surface area is 200 Å². The molecule has 4 rings (SSSR count). The number of hydrogen-bond donors (Lipinski definition) is 2. The smallest absolute Gasteiger partial charge is 0.349 e. The number of halogens is 1. The molecule has 3 aromatic heterocycles. The predicted octanol–water partition coefficient (Wildman–Crippen LogP) is 5.74. The van der Waals surface area contributed by atoms with Crippen molar-refractivity contribution in [2.45, 2.75) is 27.3 Å². The minimum atomic E-state index is -1.02. The fourth-order valence-electron chi connectivity index (χ4n) is 3.97. The normalized spacial score (nSPS) is 11.1. The van der Waals surface area contributed by atoms with Crippen molar-refractivity contribution in [1.82, 2.24) is 9.55 Å². The number of aromatic carboxylic acids is 1. The van der Waals surface area contributed by atoms with Gasteiger partial charge in [-0.1, -0.05) is 0 Å². The molecular weight excluding hydrogens is 457 g/mol. The fourth-order valence-corrected chi connectivity index (χ4v) is 4.88. The van der Waals surface area contributed by atoms with Gasteiger partial charge in [-0.05, 0) is 50.6 Å². The second-order valence-electron chi connectivity index (χ2n) is 7.80. The van der Waals surface area contributed by atoms with Crippen molar-refractivity contribution < 1.29 is 23.8 Å². The average molecular weight is 484 g/mol. The van der Waals surface area contributed by atoms with Gasteiger partial charge in [0.2, 0.25) is 0 Å². The molecule has 0 amide bonds. The van der Waals surface area contributed by atoms with Gasteiger partial charge in [0, 0.05) is 42.1 Å². The molecule has 0 saturated heterocycles. The maximum absolute atomic E-state index is 14.6. The molecule has 7 nitrogen and oxygen atoms in total. The van der Waals surface area contributed by atoms with E-state index in [1.807, 2.05) is 37.5 Å². The lowest BCUT2D eigenvalue weighted by molar-refractivity contribution is 0.0698. The third-order valence-corrected chi connectivity index (χ3v) is 6.72. The summed E-state index contributed by atoms with van der Waals surface area (Å²) in [5.41, 5.74) is 3.95. The molecule has 2 N–H and O–H groups in total. The molecule has 34 heavy (non-hydrogen) atoms. The number of aromatic nitrogens is 2. The number of pyridine rings is 1. The maximum atomic E-state index is 14.6. The van der Waals surface area contributed by atoms with Crippen LogP contribution in [0.4, 0.5) is 10.1 Å². The molecule has 0 atom stereocenters. The number of benzene rings is 1. The number of carboxylic acid groups (broad SMARTS) is 1. The average Bonchev–Trinajstić information content (AvgIpc) is 3.38. The largest absolute Gasteiger partial charge is 0.496 e. The fraction of sp³-hybridized carbons (Fsp3) is 0.280. The van der Waals surface area contributed by atoms with Crippen LogP contribution in [0.15, 0.2) is 36.5 Å². The summed E-state index contributed by atoms with van der Waals surface area (Å²) in [6, 6.07) is 8.60. The van der Waals surface area contributed by atoms with E-state index in [1.54, 1.807) is 25.4 Å². The number of methoxy groups -OCH3 is 1. The summed E-state index contributed by atoms with van der Waals surface area (Å²) in [4.78, 5) is 16.9. The zero-order chi connectivity index (χ0) is 24.4. The lowest BCUT2D eigenvalue weighted by Gasteiger charge is -2.13. The van der Waals surface area contributed by atoms with Crippen LogP contribution in [0.25, 0.3) is 21.5 Å². The Morgan fingerprint density at radius 3 is 2.74 bits per heavy atom. The number of fused-ring (bicyclic) bond motifs is 1. The van der Waals surface area contributed by atoms with Gasteiger partial charge in [0.1, 0.15) is 17.3 Å². The summed E-state index contributed by atoms with van der Waals surface area (Å²) >= 11 is 1.13. The van der Waals surface area contributed by atoms with Gasteiger partial charge in [-0.25, -0.2) is 9.18 Å².